The molecule has 0 bridgehead atoms. The van der Waals surface area contributed by atoms with Crippen LogP contribution in [0.5, 0.6) is 0 Å². The van der Waals surface area contributed by atoms with Crippen LogP contribution < -0.4 is 5.32 Å². The minimum absolute atomic E-state index is 0.171. The standard InChI is InChI=1S/C33H37N5O5.C22H28O2.CH4O3S/c1-32(35-29(39)21-15-23-22-10-6-11-24-28(22)20(17-34-24)16-25(23)36(2)18-21)31(41)38-26(14-19-8-4-3-5-9-19)30(40)37-13-7-12-27(37)33(38,42)43-32;1-4-21-13-14(3)20-17-9-7-16(23)12-15(17)6-8-18(20)19(21)10-11-22(21,24)5-2;1-5(2,3)4/h3-6,8-11,17,21,23,25-27,34,42H,7,12-16,18H2,1-2H3,(H,35,39);2,12,17-20,24H,3-4,6-11,13H2,1H3;1H3,(H,2,3,4)/t21-,23-,25-,26+,27+,32-,33+;17-,18-,19-,20+,21-,22-;/m10./s1. The second-order valence-corrected chi connectivity index (χ2v) is 23.9. The number of rotatable bonds is 5. The summed E-state index contributed by atoms with van der Waals surface area (Å²) >= 11 is 0. The van der Waals surface area contributed by atoms with E-state index < -0.39 is 45.3 Å². The number of ketones is 1. The van der Waals surface area contributed by atoms with Crippen LogP contribution in [0.25, 0.3) is 10.9 Å². The summed E-state index contributed by atoms with van der Waals surface area (Å²) in [7, 11) is -1.61. The summed E-state index contributed by atoms with van der Waals surface area (Å²) in [5.41, 5.74) is 4.22. The Morgan fingerprint density at radius 1 is 1.04 bits per heavy atom. The molecule has 0 radical (unpaired) electrons. The van der Waals surface area contributed by atoms with Gasteiger partial charge in [-0.15, -0.1) is 6.42 Å². The number of piperazine rings is 1. The number of likely N-dealkylation sites (tertiary alicyclic amines) is 1. The van der Waals surface area contributed by atoms with E-state index in [1.807, 2.05) is 36.4 Å². The molecule has 7 fully saturated rings. The molecule has 4 saturated heterocycles. The van der Waals surface area contributed by atoms with E-state index in [9.17, 15) is 37.8 Å². The summed E-state index contributed by atoms with van der Waals surface area (Å²) in [6.07, 6.45) is 20.9. The van der Waals surface area contributed by atoms with Crippen LogP contribution in [0.2, 0.25) is 0 Å². The molecule has 5 heterocycles. The Labute approximate surface area is 422 Å². The maximum atomic E-state index is 14.2. The van der Waals surface area contributed by atoms with Crippen molar-refractivity contribution < 1.29 is 47.1 Å². The van der Waals surface area contributed by atoms with Crippen molar-refractivity contribution in [2.45, 2.75) is 139 Å². The maximum absolute atomic E-state index is 14.2. The van der Waals surface area contributed by atoms with Gasteiger partial charge in [-0.2, -0.15) is 8.42 Å². The van der Waals surface area contributed by atoms with Crippen molar-refractivity contribution in [3.63, 3.8) is 0 Å². The van der Waals surface area contributed by atoms with Gasteiger partial charge in [0.2, 0.25) is 17.5 Å². The Morgan fingerprint density at radius 2 is 1.79 bits per heavy atom. The number of nitrogens with zero attached hydrogens (tertiary/aromatic N) is 3. The molecule has 16 heteroatoms. The summed E-state index contributed by atoms with van der Waals surface area (Å²) in [6, 6.07) is 14.4. The number of hydrogen-bond donors (Lipinski definition) is 5. The molecule has 15 nitrogen and oxygen atoms in total. The van der Waals surface area contributed by atoms with Crippen LogP contribution in [0.15, 0.2) is 78.5 Å². The number of aromatic nitrogens is 1. The lowest BCUT2D eigenvalue weighted by atomic mass is 9.48. The maximum Gasteiger partial charge on any atom is 0.280 e. The molecular weight excluding hydrogens is 935 g/mol. The molecule has 72 heavy (non-hydrogen) atoms. The minimum Gasteiger partial charge on any atom is -0.377 e. The van der Waals surface area contributed by atoms with Crippen molar-refractivity contribution in [3.8, 4) is 12.3 Å². The van der Waals surface area contributed by atoms with Gasteiger partial charge in [0.25, 0.3) is 21.9 Å². The highest BCUT2D eigenvalue weighted by atomic mass is 32.2. The molecule has 0 spiro atoms. The molecule has 9 aliphatic rings. The van der Waals surface area contributed by atoms with Gasteiger partial charge < -0.3 is 30.3 Å². The normalized spacial score (nSPS) is 37.6. The smallest absolute Gasteiger partial charge is 0.280 e. The molecule has 0 unspecified atom stereocenters. The van der Waals surface area contributed by atoms with E-state index in [2.05, 4.69) is 66.1 Å². The Morgan fingerprint density at radius 3 is 2.51 bits per heavy atom. The molecule has 2 aromatic carbocycles. The molecule has 5 N–H and O–H groups in total. The lowest BCUT2D eigenvalue weighted by Gasteiger charge is -2.56. The van der Waals surface area contributed by atoms with E-state index in [-0.39, 0.29) is 41.5 Å². The number of piperidine rings is 1. The monoisotopic (exact) mass is 1000 g/mol. The molecule has 4 aliphatic heterocycles. The van der Waals surface area contributed by atoms with Gasteiger partial charge in [-0.25, -0.2) is 0 Å². The van der Waals surface area contributed by atoms with Crippen LogP contribution in [0.1, 0.15) is 107 Å². The summed E-state index contributed by atoms with van der Waals surface area (Å²) in [6.45, 7) is 9.21. The SMILES string of the molecule is C#C[C@]1(O)CC[C@H]2[C@@H]3CCC4=CC(=O)CC[C@@H]4[C@H]3C(=C)C[C@@]21CC.CN1C[C@H](C(=O)N[C@]2(C)O[C@@]3(O)[C@@H]4CCCN4C(=O)[C@H](Cc4ccccc4)N3C2=O)C[C@@H]2c3cccc4[nH]cc(c34)C[C@H]21.CS(=O)(=O)O. The third-order valence-corrected chi connectivity index (χ3v) is 18.6. The Balaban J connectivity index is 0.000000173. The van der Waals surface area contributed by atoms with Gasteiger partial charge in [0.05, 0.1) is 12.2 Å². The zero-order chi connectivity index (χ0) is 51.3. The second kappa shape index (κ2) is 18.3. The first-order valence-corrected chi connectivity index (χ1v) is 27.7. The predicted octanol–water partition coefficient (Wildman–Crippen LogP) is 5.63. The highest BCUT2D eigenvalue weighted by Crippen LogP contribution is 2.67. The molecule has 1 aromatic heterocycles. The van der Waals surface area contributed by atoms with Crippen LogP contribution in [-0.2, 0) is 46.9 Å². The Bertz CT molecular complexity index is 2890. The number of fused-ring (bicyclic) bond motifs is 10. The van der Waals surface area contributed by atoms with E-state index in [0.29, 0.717) is 74.5 Å². The summed E-state index contributed by atoms with van der Waals surface area (Å²) in [5, 5.41) is 27.4. The van der Waals surface area contributed by atoms with Gasteiger partial charge in [-0.05, 0) is 137 Å². The van der Waals surface area contributed by atoms with Crippen molar-refractivity contribution in [2.75, 3.05) is 26.4 Å². The fourth-order valence-electron chi connectivity index (χ4n) is 15.6. The molecular formula is C56H69N5O10S. The Hall–Kier alpha value is -5.15. The summed E-state index contributed by atoms with van der Waals surface area (Å²) < 4.78 is 32.1. The van der Waals surface area contributed by atoms with Gasteiger partial charge in [0.15, 0.2) is 5.78 Å². The third-order valence-electron chi connectivity index (χ3n) is 18.6. The van der Waals surface area contributed by atoms with Crippen LogP contribution in [0, 0.1) is 47.3 Å². The number of benzene rings is 2. The van der Waals surface area contributed by atoms with Crippen molar-refractivity contribution in [1.82, 2.24) is 25.0 Å². The number of carbonyl (C=O) groups excluding carboxylic acids is 4. The van der Waals surface area contributed by atoms with Gasteiger partial charge >= 0.3 is 0 Å². The van der Waals surface area contributed by atoms with Crippen molar-refractivity contribution in [1.29, 1.82) is 0 Å². The molecule has 384 valence electrons. The number of allylic oxidation sites excluding steroid dienone is 2. The first-order chi connectivity index (χ1) is 34.1. The van der Waals surface area contributed by atoms with Gasteiger partial charge in [0, 0.05) is 60.4 Å². The van der Waals surface area contributed by atoms with Gasteiger partial charge in [0.1, 0.15) is 17.7 Å². The van der Waals surface area contributed by atoms with E-state index >= 15 is 0 Å². The lowest BCUT2D eigenvalue weighted by Crippen LogP contribution is -2.71. The zero-order valence-electron chi connectivity index (χ0n) is 41.8. The van der Waals surface area contributed by atoms with Crippen LogP contribution in [0.3, 0.4) is 0 Å². The minimum atomic E-state index is -3.67. The average Bonchev–Trinajstić information content (AvgIpc) is 4.12. The third kappa shape index (κ3) is 8.27. The number of terminal acetylenes is 1. The Kier molecular flexibility index (Phi) is 12.8. The van der Waals surface area contributed by atoms with Crippen LogP contribution in [-0.4, -0.2) is 128 Å². The van der Waals surface area contributed by atoms with Gasteiger partial charge in [-0.1, -0.05) is 73.0 Å². The average molecular weight is 1000 g/mol. The molecule has 3 aromatic rings. The van der Waals surface area contributed by atoms with E-state index in [1.165, 1.54) is 39.5 Å². The number of amides is 3. The fourth-order valence-corrected chi connectivity index (χ4v) is 15.6. The summed E-state index contributed by atoms with van der Waals surface area (Å²) in [4.78, 5) is 62.2. The predicted molar refractivity (Wildman–Crippen MR) is 270 cm³/mol. The lowest BCUT2D eigenvalue weighted by molar-refractivity contribution is -0.315. The number of aromatic amines is 1. The number of likely N-dealkylation sites (N-methyl/N-ethyl adjacent to an activating group) is 1. The molecule has 3 amide bonds. The zero-order valence-corrected chi connectivity index (χ0v) is 42.6. The number of H-pyrrole nitrogens is 1. The second-order valence-electron chi connectivity index (χ2n) is 22.5. The fraction of sp³-hybridized carbons (Fsp3) is 0.571. The van der Waals surface area contributed by atoms with E-state index in [0.717, 1.165) is 62.4 Å². The van der Waals surface area contributed by atoms with E-state index in [4.69, 9.17) is 15.7 Å². The highest BCUT2D eigenvalue weighted by molar-refractivity contribution is 7.85. The number of nitrogens with one attached hydrogen (secondary N) is 2. The molecule has 5 aliphatic carbocycles. The molecule has 12 rings (SSSR count). The topological polar surface area (TPSA) is 210 Å². The van der Waals surface area contributed by atoms with Crippen molar-refractivity contribution in [3.05, 3.63) is 95.2 Å². The van der Waals surface area contributed by atoms with Crippen LogP contribution in [0.4, 0.5) is 0 Å². The van der Waals surface area contributed by atoms with E-state index in [1.54, 1.807) is 4.90 Å². The van der Waals surface area contributed by atoms with Crippen molar-refractivity contribution >= 4 is 44.5 Å². The number of aliphatic hydroxyl groups is 2. The number of carbonyl (C=O) groups is 4. The quantitative estimate of drug-likeness (QED) is 0.120. The number of ether oxygens (including phenoxy) is 1. The number of hydrogen-bond acceptors (Lipinski definition) is 10. The van der Waals surface area contributed by atoms with Crippen molar-refractivity contribution in [2.24, 2.45) is 35.0 Å². The highest BCUT2D eigenvalue weighted by Gasteiger charge is 2.70. The van der Waals surface area contributed by atoms with Gasteiger partial charge in [-0.3, -0.25) is 33.4 Å². The summed E-state index contributed by atoms with van der Waals surface area (Å²) in [5.74, 6) is 1.82. The first kappa shape index (κ1) is 50.4. The largest absolute Gasteiger partial charge is 0.377 e. The van der Waals surface area contributed by atoms with Crippen LogP contribution >= 0.6 is 0 Å². The molecule has 3 saturated carbocycles. The first-order valence-electron chi connectivity index (χ1n) is 25.9. The molecule has 13 atom stereocenters.